The predicted molar refractivity (Wildman–Crippen MR) is 222 cm³/mol. The number of hydrogen-bond acceptors (Lipinski definition) is 3. The second kappa shape index (κ2) is 12.1. The fourth-order valence-electron chi connectivity index (χ4n) is 8.11. The zero-order valence-electron chi connectivity index (χ0n) is 29.1. The normalized spacial score (nSPS) is 11.7. The van der Waals surface area contributed by atoms with E-state index < -0.39 is 0 Å². The Morgan fingerprint density at radius 2 is 0.833 bits per heavy atom. The van der Waals surface area contributed by atoms with E-state index in [1.165, 1.54) is 16.2 Å². The Morgan fingerprint density at radius 1 is 0.333 bits per heavy atom. The van der Waals surface area contributed by atoms with Crippen molar-refractivity contribution in [2.45, 2.75) is 0 Å². The van der Waals surface area contributed by atoms with E-state index in [9.17, 15) is 0 Å². The summed E-state index contributed by atoms with van der Waals surface area (Å²) >= 11 is 0. The molecule has 3 heterocycles. The van der Waals surface area contributed by atoms with Crippen LogP contribution in [0.3, 0.4) is 0 Å². The highest BCUT2D eigenvalue weighted by atomic mass is 15.1. The molecular formula is C49H31N5. The SMILES string of the molecule is c1ccc(-c2nc(-c3ccc(-c4nc5c6ccccc6c6ccccc6c5n4-c4ccccc4)cc3)nc3c4ccccc4c(-c4ccccc4)n23)cc1. The molecule has 0 aliphatic heterocycles. The molecule has 11 rings (SSSR count). The molecule has 3 aromatic heterocycles. The number of benzene rings is 8. The summed E-state index contributed by atoms with van der Waals surface area (Å²) in [5, 5.41) is 6.97. The van der Waals surface area contributed by atoms with Crippen molar-refractivity contribution in [2.75, 3.05) is 0 Å². The van der Waals surface area contributed by atoms with Crippen molar-refractivity contribution < 1.29 is 0 Å². The Morgan fingerprint density at radius 3 is 1.52 bits per heavy atom. The molecule has 0 aliphatic rings. The number of fused-ring (bicyclic) bond motifs is 9. The highest BCUT2D eigenvalue weighted by Crippen LogP contribution is 2.40. The molecule has 0 N–H and O–H groups in total. The van der Waals surface area contributed by atoms with Crippen LogP contribution in [-0.4, -0.2) is 23.9 Å². The Labute approximate surface area is 311 Å². The van der Waals surface area contributed by atoms with Gasteiger partial charge in [-0.05, 0) is 28.5 Å². The average molecular weight is 690 g/mol. The molecule has 11 aromatic rings. The van der Waals surface area contributed by atoms with Crippen molar-refractivity contribution in [1.29, 1.82) is 0 Å². The van der Waals surface area contributed by atoms with Gasteiger partial charge < -0.3 is 0 Å². The van der Waals surface area contributed by atoms with Crippen LogP contribution in [0.5, 0.6) is 0 Å². The van der Waals surface area contributed by atoms with Crippen LogP contribution in [-0.2, 0) is 0 Å². The van der Waals surface area contributed by atoms with Crippen LogP contribution in [0.2, 0.25) is 0 Å². The lowest BCUT2D eigenvalue weighted by molar-refractivity contribution is 1.05. The van der Waals surface area contributed by atoms with E-state index in [2.05, 4.69) is 191 Å². The third-order valence-corrected chi connectivity index (χ3v) is 10.5. The third-order valence-electron chi connectivity index (χ3n) is 10.5. The molecule has 0 spiro atoms. The fraction of sp³-hybridized carbons (Fsp3) is 0. The van der Waals surface area contributed by atoms with Crippen molar-refractivity contribution in [3.8, 4) is 51.1 Å². The molecule has 0 amide bonds. The molecular weight excluding hydrogens is 659 g/mol. The standard InChI is InChI=1S/C49H31N5/c1-4-16-32(17-5-1)44-41-26-14-15-27-42(41)49-52-46(51-48(54(44)49)34-18-6-2-7-19-34)33-28-30-35(31-29-33)47-50-43-39-24-12-10-22-37(39)38-23-11-13-25-40(38)45(43)53(47)36-20-8-3-9-21-36/h1-31H. The van der Waals surface area contributed by atoms with Gasteiger partial charge in [-0.2, -0.15) is 0 Å². The maximum Gasteiger partial charge on any atom is 0.163 e. The second-order valence-corrected chi connectivity index (χ2v) is 13.6. The van der Waals surface area contributed by atoms with Crippen molar-refractivity contribution in [2.24, 2.45) is 0 Å². The summed E-state index contributed by atoms with van der Waals surface area (Å²) in [5.74, 6) is 2.40. The molecule has 0 saturated heterocycles. The molecule has 5 heteroatoms. The van der Waals surface area contributed by atoms with Gasteiger partial charge in [-0.15, -0.1) is 0 Å². The predicted octanol–water partition coefficient (Wildman–Crippen LogP) is 12.2. The van der Waals surface area contributed by atoms with E-state index in [0.717, 1.165) is 78.1 Å². The summed E-state index contributed by atoms with van der Waals surface area (Å²) in [5.41, 5.74) is 9.20. The molecule has 54 heavy (non-hydrogen) atoms. The van der Waals surface area contributed by atoms with Gasteiger partial charge >= 0.3 is 0 Å². The Hall–Kier alpha value is -7.37. The van der Waals surface area contributed by atoms with Gasteiger partial charge in [0, 0.05) is 43.9 Å². The summed E-state index contributed by atoms with van der Waals surface area (Å²) < 4.78 is 4.54. The molecule has 0 unspecified atom stereocenters. The minimum absolute atomic E-state index is 0.671. The maximum absolute atomic E-state index is 5.43. The highest BCUT2D eigenvalue weighted by molar-refractivity contribution is 6.24. The maximum atomic E-state index is 5.43. The molecule has 0 bridgehead atoms. The summed E-state index contributed by atoms with van der Waals surface area (Å²) in [4.78, 5) is 16.1. The summed E-state index contributed by atoms with van der Waals surface area (Å²) in [7, 11) is 0. The van der Waals surface area contributed by atoms with Crippen LogP contribution in [0.1, 0.15) is 0 Å². The van der Waals surface area contributed by atoms with Crippen LogP contribution in [0.4, 0.5) is 0 Å². The molecule has 0 fully saturated rings. The number of para-hydroxylation sites is 1. The van der Waals surface area contributed by atoms with Crippen LogP contribution < -0.4 is 0 Å². The van der Waals surface area contributed by atoms with E-state index in [0.29, 0.717) is 5.82 Å². The van der Waals surface area contributed by atoms with Crippen molar-refractivity contribution in [3.63, 3.8) is 0 Å². The topological polar surface area (TPSA) is 48.0 Å². The van der Waals surface area contributed by atoms with Gasteiger partial charge in [0.15, 0.2) is 5.82 Å². The highest BCUT2D eigenvalue weighted by Gasteiger charge is 2.22. The quantitative estimate of drug-likeness (QED) is 0.169. The largest absolute Gasteiger partial charge is 0.292 e. The first-order chi connectivity index (χ1) is 26.8. The Bertz CT molecular complexity index is 3180. The zero-order chi connectivity index (χ0) is 35.6. The van der Waals surface area contributed by atoms with Crippen LogP contribution in [0.25, 0.3) is 100 Å². The van der Waals surface area contributed by atoms with Gasteiger partial charge in [0.1, 0.15) is 17.3 Å². The zero-order valence-corrected chi connectivity index (χ0v) is 29.1. The first-order valence-electron chi connectivity index (χ1n) is 18.2. The van der Waals surface area contributed by atoms with Crippen molar-refractivity contribution in [3.05, 3.63) is 188 Å². The van der Waals surface area contributed by atoms with E-state index in [-0.39, 0.29) is 0 Å². The lowest BCUT2D eigenvalue weighted by Crippen LogP contribution is -2.03. The molecule has 8 aromatic carbocycles. The van der Waals surface area contributed by atoms with E-state index in [1.54, 1.807) is 0 Å². The first kappa shape index (κ1) is 30.3. The average Bonchev–Trinajstić information content (AvgIpc) is 3.82. The minimum Gasteiger partial charge on any atom is -0.292 e. The van der Waals surface area contributed by atoms with E-state index in [1.807, 2.05) is 6.07 Å². The fourth-order valence-corrected chi connectivity index (χ4v) is 8.11. The summed E-state index contributed by atoms with van der Waals surface area (Å²) in [6.07, 6.45) is 0. The number of hydrogen-bond donors (Lipinski definition) is 0. The molecule has 0 atom stereocenters. The summed E-state index contributed by atoms with van der Waals surface area (Å²) in [6.45, 7) is 0. The lowest BCUT2D eigenvalue weighted by atomic mass is 10.00. The second-order valence-electron chi connectivity index (χ2n) is 13.6. The van der Waals surface area contributed by atoms with Crippen LogP contribution >= 0.6 is 0 Å². The van der Waals surface area contributed by atoms with Gasteiger partial charge in [0.25, 0.3) is 0 Å². The Balaban J connectivity index is 1.14. The van der Waals surface area contributed by atoms with Gasteiger partial charge in [-0.25, -0.2) is 15.0 Å². The van der Waals surface area contributed by atoms with Gasteiger partial charge in [-0.3, -0.25) is 8.97 Å². The van der Waals surface area contributed by atoms with Gasteiger partial charge in [-0.1, -0.05) is 176 Å². The Kier molecular flexibility index (Phi) is 6.79. The van der Waals surface area contributed by atoms with Gasteiger partial charge in [0.05, 0.1) is 16.7 Å². The molecule has 0 aliphatic carbocycles. The molecule has 252 valence electrons. The van der Waals surface area contributed by atoms with E-state index >= 15 is 0 Å². The molecule has 0 radical (unpaired) electrons. The first-order valence-corrected chi connectivity index (χ1v) is 18.2. The monoisotopic (exact) mass is 689 g/mol. The van der Waals surface area contributed by atoms with Gasteiger partial charge in [0.2, 0.25) is 0 Å². The van der Waals surface area contributed by atoms with Crippen molar-refractivity contribution in [1.82, 2.24) is 23.9 Å². The van der Waals surface area contributed by atoms with Crippen LogP contribution in [0, 0.1) is 0 Å². The van der Waals surface area contributed by atoms with E-state index in [4.69, 9.17) is 15.0 Å². The lowest BCUT2D eigenvalue weighted by Gasteiger charge is -2.13. The minimum atomic E-state index is 0.671. The number of rotatable bonds is 5. The molecule has 0 saturated carbocycles. The molecule has 5 nitrogen and oxygen atoms in total. The smallest absolute Gasteiger partial charge is 0.163 e. The number of aromatic nitrogens is 5. The third kappa shape index (κ3) is 4.62. The van der Waals surface area contributed by atoms with Crippen molar-refractivity contribution >= 4 is 49.0 Å². The number of imidazole rings is 1. The summed E-state index contributed by atoms with van der Waals surface area (Å²) in [6, 6.07) is 65.8. The number of nitrogens with zero attached hydrogens (tertiary/aromatic N) is 5. The van der Waals surface area contributed by atoms with Crippen LogP contribution in [0.15, 0.2) is 188 Å².